The third-order valence-corrected chi connectivity index (χ3v) is 6.98. The molecule has 1 aliphatic rings. The van der Waals surface area contributed by atoms with Crippen LogP contribution in [0.2, 0.25) is 0 Å². The Hall–Kier alpha value is -4.12. The Kier molecular flexibility index (Phi) is 7.90. The minimum atomic E-state index is -4.68. The zero-order valence-electron chi connectivity index (χ0n) is 21.9. The molecule has 0 atom stereocenters. The van der Waals surface area contributed by atoms with Crippen molar-refractivity contribution in [1.29, 1.82) is 0 Å². The fraction of sp³-hybridized carbons (Fsp3) is 0.300. The summed E-state index contributed by atoms with van der Waals surface area (Å²) in [5.74, 6) is -2.24. The number of aromatic nitrogens is 2. The lowest BCUT2D eigenvalue weighted by molar-refractivity contribution is -0.136. The van der Waals surface area contributed by atoms with Gasteiger partial charge in [-0.1, -0.05) is 6.07 Å². The number of hydrogen-bond acceptors (Lipinski definition) is 6. The normalized spacial score (nSPS) is 16.0. The van der Waals surface area contributed by atoms with Gasteiger partial charge in [0.1, 0.15) is 17.2 Å². The average molecular weight is 571 g/mol. The molecule has 0 saturated carbocycles. The number of furan rings is 1. The van der Waals surface area contributed by atoms with E-state index in [0.717, 1.165) is 11.6 Å². The molecule has 0 bridgehead atoms. The number of nitrogens with zero attached hydrogens (tertiary/aromatic N) is 3. The fourth-order valence-electron chi connectivity index (χ4n) is 4.71. The standard InChI is InChI=1S/C30H27F5N4O2/c31-29(32)9-11-39(12-10-29)18-20-2-7-26(37-17-20)21-13-22-14-24(41-28(22)25(15-21)30(33,34)35)6-5-23(40)4-1-19-3-8-27(36)38-16-19/h1-4,7-8,13-17H,5-6,9-12,18H2,(H2,36,38)/b4-1+. The fourth-order valence-corrected chi connectivity index (χ4v) is 4.71. The van der Waals surface area contributed by atoms with Gasteiger partial charge in [0.05, 0.1) is 11.3 Å². The number of alkyl halides is 5. The summed E-state index contributed by atoms with van der Waals surface area (Å²) in [6.07, 6.45) is 1.15. The van der Waals surface area contributed by atoms with Gasteiger partial charge in [-0.2, -0.15) is 13.2 Å². The Bertz CT molecular complexity index is 1550. The molecule has 0 aliphatic carbocycles. The monoisotopic (exact) mass is 570 g/mol. The van der Waals surface area contributed by atoms with Gasteiger partial charge in [-0.15, -0.1) is 0 Å². The number of carbonyl (C=O) groups excluding carboxylic acids is 1. The Morgan fingerprint density at radius 1 is 1.05 bits per heavy atom. The highest BCUT2D eigenvalue weighted by Crippen LogP contribution is 2.39. The van der Waals surface area contributed by atoms with Gasteiger partial charge in [0, 0.05) is 68.7 Å². The SMILES string of the molecule is Nc1ccc(/C=C/C(=O)CCc2cc3cc(-c4ccc(CN5CCC(F)(F)CC5)cn4)cc(C(F)(F)F)c3o2)cn1. The first-order chi connectivity index (χ1) is 19.4. The van der Waals surface area contributed by atoms with Crippen LogP contribution in [0.5, 0.6) is 0 Å². The van der Waals surface area contributed by atoms with Gasteiger partial charge in [0.15, 0.2) is 5.78 Å². The van der Waals surface area contributed by atoms with Crippen molar-refractivity contribution in [2.24, 2.45) is 0 Å². The zero-order chi connectivity index (χ0) is 29.2. The van der Waals surface area contributed by atoms with Gasteiger partial charge in [0.25, 0.3) is 5.92 Å². The molecule has 2 N–H and O–H groups in total. The number of allylic oxidation sites excluding steroid dienone is 1. The second-order valence-corrected chi connectivity index (χ2v) is 10.2. The third kappa shape index (κ3) is 7.15. The van der Waals surface area contributed by atoms with Crippen LogP contribution in [0.25, 0.3) is 28.3 Å². The van der Waals surface area contributed by atoms with Crippen LogP contribution in [0.15, 0.2) is 65.4 Å². The van der Waals surface area contributed by atoms with E-state index in [1.54, 1.807) is 42.6 Å². The number of hydrogen-bond donors (Lipinski definition) is 1. The molecule has 4 heterocycles. The number of pyridine rings is 2. The van der Waals surface area contributed by atoms with Crippen LogP contribution in [0.4, 0.5) is 27.8 Å². The molecule has 214 valence electrons. The lowest BCUT2D eigenvalue weighted by Gasteiger charge is -2.31. The predicted octanol–water partition coefficient (Wildman–Crippen LogP) is 6.94. The topological polar surface area (TPSA) is 85.3 Å². The summed E-state index contributed by atoms with van der Waals surface area (Å²) in [6.45, 7) is 0.975. The molecule has 1 aliphatic heterocycles. The maximum absolute atomic E-state index is 14.0. The summed E-state index contributed by atoms with van der Waals surface area (Å²) < 4.78 is 74.4. The van der Waals surface area contributed by atoms with Crippen LogP contribution < -0.4 is 5.73 Å². The number of fused-ring (bicyclic) bond motifs is 1. The van der Waals surface area contributed by atoms with Crippen molar-refractivity contribution in [3.8, 4) is 11.3 Å². The number of carbonyl (C=O) groups is 1. The Morgan fingerprint density at radius 2 is 1.83 bits per heavy atom. The lowest BCUT2D eigenvalue weighted by atomic mass is 10.0. The first-order valence-corrected chi connectivity index (χ1v) is 13.1. The van der Waals surface area contributed by atoms with Crippen LogP contribution >= 0.6 is 0 Å². The van der Waals surface area contributed by atoms with Gasteiger partial charge in [-0.05, 0) is 59.7 Å². The maximum Gasteiger partial charge on any atom is 0.420 e. The predicted molar refractivity (Wildman–Crippen MR) is 145 cm³/mol. The minimum Gasteiger partial charge on any atom is -0.460 e. The highest BCUT2D eigenvalue weighted by atomic mass is 19.4. The number of anilines is 1. The molecule has 6 nitrogen and oxygen atoms in total. The molecule has 1 saturated heterocycles. The first kappa shape index (κ1) is 28.4. The average Bonchev–Trinajstić information content (AvgIpc) is 3.35. The number of ketones is 1. The van der Waals surface area contributed by atoms with Crippen molar-refractivity contribution in [1.82, 2.24) is 14.9 Å². The second-order valence-electron chi connectivity index (χ2n) is 10.2. The van der Waals surface area contributed by atoms with Crippen molar-refractivity contribution in [3.63, 3.8) is 0 Å². The lowest BCUT2D eigenvalue weighted by Crippen LogP contribution is -2.38. The number of likely N-dealkylation sites (tertiary alicyclic amines) is 1. The molecule has 0 unspecified atom stereocenters. The summed E-state index contributed by atoms with van der Waals surface area (Å²) >= 11 is 0. The van der Waals surface area contributed by atoms with Crippen LogP contribution in [0.1, 0.15) is 41.7 Å². The number of rotatable bonds is 8. The van der Waals surface area contributed by atoms with Crippen LogP contribution in [0.3, 0.4) is 0 Å². The van der Waals surface area contributed by atoms with E-state index in [2.05, 4.69) is 9.97 Å². The van der Waals surface area contributed by atoms with Crippen molar-refractivity contribution in [2.45, 2.75) is 44.3 Å². The first-order valence-electron chi connectivity index (χ1n) is 13.1. The van der Waals surface area contributed by atoms with Gasteiger partial charge in [-0.25, -0.2) is 13.8 Å². The molecular weight excluding hydrogens is 543 g/mol. The Labute approximate surface area is 232 Å². The Morgan fingerprint density at radius 3 is 2.49 bits per heavy atom. The van der Waals surface area contributed by atoms with E-state index in [-0.39, 0.29) is 66.8 Å². The van der Waals surface area contributed by atoms with E-state index in [1.165, 1.54) is 18.3 Å². The summed E-state index contributed by atoms with van der Waals surface area (Å²) in [6, 6.07) is 10.8. The summed E-state index contributed by atoms with van der Waals surface area (Å²) in [5, 5.41) is 0.251. The third-order valence-electron chi connectivity index (χ3n) is 6.98. The van der Waals surface area contributed by atoms with E-state index >= 15 is 0 Å². The number of halogens is 5. The smallest absolute Gasteiger partial charge is 0.420 e. The van der Waals surface area contributed by atoms with Gasteiger partial charge in [-0.3, -0.25) is 14.7 Å². The van der Waals surface area contributed by atoms with E-state index in [0.29, 0.717) is 23.6 Å². The summed E-state index contributed by atoms with van der Waals surface area (Å²) in [5.41, 5.74) is 6.39. The molecule has 3 aromatic heterocycles. The van der Waals surface area contributed by atoms with E-state index in [9.17, 15) is 26.7 Å². The molecule has 41 heavy (non-hydrogen) atoms. The molecule has 0 amide bonds. The molecule has 4 aromatic rings. The highest BCUT2D eigenvalue weighted by Gasteiger charge is 2.36. The van der Waals surface area contributed by atoms with Crippen molar-refractivity contribution in [3.05, 3.63) is 83.4 Å². The van der Waals surface area contributed by atoms with Gasteiger partial charge in [0.2, 0.25) is 0 Å². The minimum absolute atomic E-state index is 0.0462. The van der Waals surface area contributed by atoms with Crippen LogP contribution in [0, 0.1) is 0 Å². The van der Waals surface area contributed by atoms with E-state index in [4.69, 9.17) is 10.2 Å². The maximum atomic E-state index is 14.0. The molecule has 5 rings (SSSR count). The molecule has 11 heteroatoms. The van der Waals surface area contributed by atoms with Crippen molar-refractivity contribution < 1.29 is 31.2 Å². The number of benzene rings is 1. The Balaban J connectivity index is 1.30. The molecule has 1 fully saturated rings. The summed E-state index contributed by atoms with van der Waals surface area (Å²) in [7, 11) is 0. The van der Waals surface area contributed by atoms with E-state index in [1.807, 2.05) is 4.90 Å². The van der Waals surface area contributed by atoms with Crippen molar-refractivity contribution in [2.75, 3.05) is 18.8 Å². The summed E-state index contributed by atoms with van der Waals surface area (Å²) in [4.78, 5) is 22.5. The number of piperidine rings is 1. The van der Waals surface area contributed by atoms with Gasteiger partial charge >= 0.3 is 6.18 Å². The largest absolute Gasteiger partial charge is 0.460 e. The number of nitrogens with two attached hydrogens (primary N) is 1. The van der Waals surface area contributed by atoms with Crippen LogP contribution in [-0.2, 0) is 23.9 Å². The molecule has 1 aromatic carbocycles. The quantitative estimate of drug-likeness (QED) is 0.183. The zero-order valence-corrected chi connectivity index (χ0v) is 21.9. The number of nitrogen functional groups attached to an aromatic ring is 1. The molecular formula is C30H27F5N4O2. The second kappa shape index (κ2) is 11.4. The highest BCUT2D eigenvalue weighted by molar-refractivity contribution is 5.93. The molecule has 0 spiro atoms. The number of aryl methyl sites for hydroxylation is 1. The van der Waals surface area contributed by atoms with Crippen molar-refractivity contribution >= 4 is 28.6 Å². The molecule has 0 radical (unpaired) electrons. The van der Waals surface area contributed by atoms with Crippen LogP contribution in [-0.4, -0.2) is 39.7 Å². The van der Waals surface area contributed by atoms with Gasteiger partial charge < -0.3 is 10.2 Å². The van der Waals surface area contributed by atoms with E-state index < -0.39 is 17.7 Å².